The highest BCUT2D eigenvalue weighted by Crippen LogP contribution is 2.65. The molecule has 2 nitrogen and oxygen atoms in total. The summed E-state index contributed by atoms with van der Waals surface area (Å²) >= 11 is 0. The van der Waals surface area contributed by atoms with Crippen LogP contribution in [0, 0.1) is 0 Å². The number of anilines is 6. The van der Waals surface area contributed by atoms with Crippen LogP contribution in [0.15, 0.2) is 231 Å². The van der Waals surface area contributed by atoms with Gasteiger partial charge in [0.15, 0.2) is 0 Å². The van der Waals surface area contributed by atoms with Crippen molar-refractivity contribution in [3.63, 3.8) is 0 Å². The van der Waals surface area contributed by atoms with Crippen molar-refractivity contribution in [3.05, 3.63) is 275 Å². The molecule has 1 unspecified atom stereocenters. The SMILES string of the molecule is CC1(C)c2ccccc2-c2ccc(N(c3ccccc3)c3ccc4c(c3)C(C)(C)c3cc(-c5ccc6c(c5)C5(c7ccccc7)c7ccccc7N(c7ccccc7)c7cccc-6c75)ccc3-4)cc21. The van der Waals surface area contributed by atoms with Crippen molar-refractivity contribution in [2.75, 3.05) is 9.80 Å². The highest BCUT2D eigenvalue weighted by molar-refractivity contribution is 6.00. The topological polar surface area (TPSA) is 6.48 Å². The van der Waals surface area contributed by atoms with E-state index < -0.39 is 5.41 Å². The Balaban J connectivity index is 0.889. The number of rotatable bonds is 6. The average Bonchev–Trinajstić information content (AvgIpc) is 3.92. The van der Waals surface area contributed by atoms with Crippen LogP contribution < -0.4 is 9.80 Å². The lowest BCUT2D eigenvalue weighted by molar-refractivity contribution is 0.660. The highest BCUT2D eigenvalue weighted by Gasteiger charge is 2.52. The molecule has 3 aliphatic carbocycles. The maximum atomic E-state index is 2.52. The van der Waals surface area contributed by atoms with Crippen LogP contribution in [-0.4, -0.2) is 0 Å². The van der Waals surface area contributed by atoms with Gasteiger partial charge in [-0.1, -0.05) is 185 Å². The van der Waals surface area contributed by atoms with Gasteiger partial charge in [0.2, 0.25) is 0 Å². The first kappa shape index (κ1) is 39.9. The summed E-state index contributed by atoms with van der Waals surface area (Å²) < 4.78 is 0. The van der Waals surface area contributed by atoms with Crippen LogP contribution in [0.2, 0.25) is 0 Å². The molecule has 0 radical (unpaired) electrons. The molecular weight excluding hydrogens is 833 g/mol. The Morgan fingerprint density at radius 1 is 0.319 bits per heavy atom. The van der Waals surface area contributed by atoms with Crippen molar-refractivity contribution >= 4 is 34.1 Å². The van der Waals surface area contributed by atoms with Gasteiger partial charge in [-0.05, 0) is 156 Å². The summed E-state index contributed by atoms with van der Waals surface area (Å²) in [5.74, 6) is 0. The Morgan fingerprint density at radius 3 is 1.45 bits per heavy atom. The van der Waals surface area contributed by atoms with Gasteiger partial charge in [0, 0.05) is 39.1 Å². The van der Waals surface area contributed by atoms with Crippen molar-refractivity contribution in [2.45, 2.75) is 43.9 Å². The Morgan fingerprint density at radius 2 is 0.783 bits per heavy atom. The third-order valence-corrected chi connectivity index (χ3v) is 16.2. The minimum absolute atomic E-state index is 0.0953. The number of benzene rings is 10. The number of hydrogen-bond acceptors (Lipinski definition) is 2. The van der Waals surface area contributed by atoms with Gasteiger partial charge in [-0.2, -0.15) is 0 Å². The molecule has 10 aromatic rings. The number of fused-ring (bicyclic) bond motifs is 11. The summed E-state index contributed by atoms with van der Waals surface area (Å²) in [5, 5.41) is 0. The molecule has 328 valence electrons. The van der Waals surface area contributed by atoms with Gasteiger partial charge < -0.3 is 9.80 Å². The molecule has 1 heterocycles. The summed E-state index contributed by atoms with van der Waals surface area (Å²) in [6.07, 6.45) is 0. The molecule has 0 N–H and O–H groups in total. The van der Waals surface area contributed by atoms with Crippen molar-refractivity contribution in [1.82, 2.24) is 0 Å². The van der Waals surface area contributed by atoms with Crippen LogP contribution in [-0.2, 0) is 16.2 Å². The lowest BCUT2D eigenvalue weighted by atomic mass is 9.64. The highest BCUT2D eigenvalue weighted by atomic mass is 15.2. The van der Waals surface area contributed by atoms with Gasteiger partial charge in [-0.15, -0.1) is 0 Å². The number of para-hydroxylation sites is 3. The van der Waals surface area contributed by atoms with E-state index >= 15 is 0 Å². The second-order valence-corrected chi connectivity index (χ2v) is 20.5. The zero-order chi connectivity index (χ0) is 46.2. The first-order valence-corrected chi connectivity index (χ1v) is 24.4. The van der Waals surface area contributed by atoms with Crippen molar-refractivity contribution in [1.29, 1.82) is 0 Å². The first-order chi connectivity index (χ1) is 33.7. The van der Waals surface area contributed by atoms with E-state index in [0.29, 0.717) is 0 Å². The Hall–Kier alpha value is -8.20. The summed E-state index contributed by atoms with van der Waals surface area (Å²) in [6.45, 7) is 9.56. The quantitative estimate of drug-likeness (QED) is 0.164. The van der Waals surface area contributed by atoms with E-state index in [-0.39, 0.29) is 10.8 Å². The molecule has 0 spiro atoms. The predicted molar refractivity (Wildman–Crippen MR) is 287 cm³/mol. The van der Waals surface area contributed by atoms with Crippen LogP contribution in [0.5, 0.6) is 0 Å². The van der Waals surface area contributed by atoms with E-state index in [1.165, 1.54) is 106 Å². The van der Waals surface area contributed by atoms with E-state index in [1.54, 1.807) is 0 Å². The minimum Gasteiger partial charge on any atom is -0.310 e. The number of nitrogens with zero attached hydrogens (tertiary/aromatic N) is 2. The van der Waals surface area contributed by atoms with Gasteiger partial charge in [0.05, 0.1) is 16.8 Å². The normalized spacial score (nSPS) is 16.7. The Kier molecular flexibility index (Phi) is 8.33. The third kappa shape index (κ3) is 5.43. The minimum atomic E-state index is -0.508. The summed E-state index contributed by atoms with van der Waals surface area (Å²) in [4.78, 5) is 4.92. The fraction of sp³-hybridized carbons (Fsp3) is 0.104. The smallest absolute Gasteiger partial charge is 0.0754 e. The van der Waals surface area contributed by atoms with Crippen LogP contribution in [0.25, 0.3) is 44.5 Å². The maximum absolute atomic E-state index is 2.52. The van der Waals surface area contributed by atoms with Gasteiger partial charge in [0.25, 0.3) is 0 Å². The molecule has 0 amide bonds. The van der Waals surface area contributed by atoms with Crippen molar-refractivity contribution in [3.8, 4) is 44.5 Å². The molecule has 0 aromatic heterocycles. The van der Waals surface area contributed by atoms with E-state index in [1.807, 2.05) is 0 Å². The van der Waals surface area contributed by atoms with Crippen LogP contribution in [0.1, 0.15) is 72.2 Å². The second-order valence-electron chi connectivity index (χ2n) is 20.5. The van der Waals surface area contributed by atoms with Crippen LogP contribution in [0.3, 0.4) is 0 Å². The molecule has 10 aromatic carbocycles. The number of hydrogen-bond donors (Lipinski definition) is 0. The molecule has 1 aliphatic heterocycles. The van der Waals surface area contributed by atoms with E-state index in [4.69, 9.17) is 0 Å². The molecule has 14 rings (SSSR count). The first-order valence-electron chi connectivity index (χ1n) is 24.4. The van der Waals surface area contributed by atoms with Crippen molar-refractivity contribution < 1.29 is 0 Å². The molecule has 4 aliphatic rings. The molecule has 0 bridgehead atoms. The van der Waals surface area contributed by atoms with Gasteiger partial charge in [-0.3, -0.25) is 0 Å². The van der Waals surface area contributed by atoms with Gasteiger partial charge in [-0.25, -0.2) is 0 Å². The standard InChI is InChI=1S/C67H50N2/c1-65(2)56-27-15-14-25-50(56)52-37-33-48(41-59(52)65)68(46-21-10-6-11-22-46)49-34-38-53-51-35-31-43(39-58(51)66(3,4)60(53)42-49)44-32-36-54-55-26-18-30-63-64(55)67(61(54)40-44,45-19-8-5-9-20-45)57-28-16-17-29-62(57)69(63)47-23-12-7-13-24-47/h5-42H,1-4H3. The molecule has 69 heavy (non-hydrogen) atoms. The molecule has 1 atom stereocenters. The second kappa shape index (κ2) is 14.4. The molecular formula is C67H50N2. The monoisotopic (exact) mass is 882 g/mol. The predicted octanol–water partition coefficient (Wildman–Crippen LogP) is 17.6. The Bertz CT molecular complexity index is 3730. The largest absolute Gasteiger partial charge is 0.310 e. The third-order valence-electron chi connectivity index (χ3n) is 16.2. The molecule has 0 fully saturated rings. The fourth-order valence-electron chi connectivity index (χ4n) is 13.0. The lowest BCUT2D eigenvalue weighted by Crippen LogP contribution is -2.35. The van der Waals surface area contributed by atoms with Crippen LogP contribution >= 0.6 is 0 Å². The fourth-order valence-corrected chi connectivity index (χ4v) is 13.0. The van der Waals surface area contributed by atoms with E-state index in [0.717, 1.165) is 17.1 Å². The molecule has 2 heteroatoms. The van der Waals surface area contributed by atoms with Gasteiger partial charge in [0.1, 0.15) is 0 Å². The lowest BCUT2D eigenvalue weighted by Gasteiger charge is -2.44. The summed E-state index contributed by atoms with van der Waals surface area (Å²) in [7, 11) is 0. The van der Waals surface area contributed by atoms with Crippen molar-refractivity contribution in [2.24, 2.45) is 0 Å². The van der Waals surface area contributed by atoms with Gasteiger partial charge >= 0.3 is 0 Å². The maximum Gasteiger partial charge on any atom is 0.0754 e. The molecule has 0 saturated heterocycles. The summed E-state index contributed by atoms with van der Waals surface area (Å²) in [5.41, 5.74) is 27.4. The Labute approximate surface area is 405 Å². The zero-order valence-electron chi connectivity index (χ0n) is 39.3. The zero-order valence-corrected chi connectivity index (χ0v) is 39.3. The molecule has 0 saturated carbocycles. The van der Waals surface area contributed by atoms with E-state index in [2.05, 4.69) is 268 Å². The van der Waals surface area contributed by atoms with E-state index in [9.17, 15) is 0 Å². The summed E-state index contributed by atoms with van der Waals surface area (Å²) in [6, 6.07) is 86.6. The van der Waals surface area contributed by atoms with Crippen LogP contribution in [0.4, 0.5) is 34.1 Å². The average molecular weight is 883 g/mol.